The quantitative estimate of drug-likeness (QED) is 0.187. The van der Waals surface area contributed by atoms with Crippen molar-refractivity contribution in [3.8, 4) is 12.3 Å². The van der Waals surface area contributed by atoms with Crippen LogP contribution in [-0.2, 0) is 14.3 Å². The third-order valence-electron chi connectivity index (χ3n) is 5.51. The lowest BCUT2D eigenvalue weighted by atomic mass is 9.97. The number of carbonyl (C=O) groups is 3. The monoisotopic (exact) mass is 517 g/mol. The lowest BCUT2D eigenvalue weighted by molar-refractivity contribution is -0.142. The number of thiol groups is 1. The molecule has 8 heteroatoms. The predicted octanol–water partition coefficient (Wildman–Crippen LogP) is 4.86. The molecule has 3 amide bonds. The van der Waals surface area contributed by atoms with E-state index in [1.54, 1.807) is 45.0 Å². The number of hydrogen-bond acceptors (Lipinski definition) is 5. The van der Waals surface area contributed by atoms with Gasteiger partial charge in [0.1, 0.15) is 17.7 Å². The number of hydrogen-bond donors (Lipinski definition) is 3. The zero-order chi connectivity index (χ0) is 27.1. The second-order valence-electron chi connectivity index (χ2n) is 9.75. The Bertz CT molecular complexity index is 892. The van der Waals surface area contributed by atoms with Crippen molar-refractivity contribution in [2.24, 2.45) is 0 Å². The fourth-order valence-corrected chi connectivity index (χ4v) is 3.96. The molecule has 0 spiro atoms. The highest BCUT2D eigenvalue weighted by Gasteiger charge is 2.36. The van der Waals surface area contributed by atoms with Crippen LogP contribution in [0.1, 0.15) is 90.3 Å². The highest BCUT2D eigenvalue weighted by Crippen LogP contribution is 2.26. The van der Waals surface area contributed by atoms with Crippen LogP contribution in [0.3, 0.4) is 0 Å². The van der Waals surface area contributed by atoms with E-state index in [-0.39, 0.29) is 11.7 Å². The number of benzene rings is 1. The number of nitrogens with zero attached hydrogens (tertiary/aromatic N) is 1. The normalized spacial score (nSPS) is 12.7. The van der Waals surface area contributed by atoms with E-state index in [0.717, 1.165) is 32.1 Å². The molecule has 36 heavy (non-hydrogen) atoms. The van der Waals surface area contributed by atoms with E-state index in [4.69, 9.17) is 11.2 Å². The van der Waals surface area contributed by atoms with Crippen LogP contribution in [0.2, 0.25) is 0 Å². The van der Waals surface area contributed by atoms with Crippen LogP contribution in [0.5, 0.6) is 0 Å². The van der Waals surface area contributed by atoms with Crippen LogP contribution in [0.15, 0.2) is 24.3 Å². The highest BCUT2D eigenvalue weighted by atomic mass is 32.1. The smallest absolute Gasteiger partial charge is 0.408 e. The summed E-state index contributed by atoms with van der Waals surface area (Å²) in [5.74, 6) is 1.98. The van der Waals surface area contributed by atoms with Crippen molar-refractivity contribution in [2.45, 2.75) is 90.8 Å². The summed E-state index contributed by atoms with van der Waals surface area (Å²) in [5.41, 5.74) is 0.400. The number of alkyl carbamates (subject to hydrolysis) is 1. The van der Waals surface area contributed by atoms with Crippen molar-refractivity contribution < 1.29 is 19.1 Å². The minimum atomic E-state index is -0.974. The number of nitrogens with one attached hydrogen (secondary N) is 2. The van der Waals surface area contributed by atoms with Gasteiger partial charge in [-0.1, -0.05) is 63.7 Å². The van der Waals surface area contributed by atoms with Crippen molar-refractivity contribution in [3.05, 3.63) is 35.4 Å². The first-order valence-electron chi connectivity index (χ1n) is 12.8. The number of unbranched alkanes of at least 4 members (excludes halogenated alkanes) is 4. The molecule has 0 bridgehead atoms. The molecule has 0 saturated heterocycles. The maximum absolute atomic E-state index is 13.9. The molecule has 0 heterocycles. The molecule has 1 aromatic rings. The molecule has 7 nitrogen and oxygen atoms in total. The van der Waals surface area contributed by atoms with Crippen LogP contribution < -0.4 is 10.6 Å². The van der Waals surface area contributed by atoms with Gasteiger partial charge in [0.15, 0.2) is 0 Å². The molecule has 1 rings (SSSR count). The van der Waals surface area contributed by atoms with E-state index in [9.17, 15) is 14.4 Å². The number of ether oxygens (including phenoxy) is 1. The number of rotatable bonds is 14. The third-order valence-corrected chi connectivity index (χ3v) is 5.87. The standard InChI is InChI=1S/C28H43N3O4S/c1-7-10-12-15-19-31(26(33)23(20-36)30-27(34)35-28(4,5)6)24(25(32)29-18-11-8-2)22-17-14-13-16-21(22)9-3/h3,13-14,16-17,23-24,36H,7-8,10-12,15,18-20H2,1-2,4-6H3,(H,29,32)(H,30,34). The Morgan fingerprint density at radius 3 is 2.33 bits per heavy atom. The fourth-order valence-electron chi connectivity index (χ4n) is 3.71. The van der Waals surface area contributed by atoms with Crippen molar-refractivity contribution in [3.63, 3.8) is 0 Å². The van der Waals surface area contributed by atoms with Crippen LogP contribution in [0.4, 0.5) is 4.79 Å². The molecular weight excluding hydrogens is 474 g/mol. The summed E-state index contributed by atoms with van der Waals surface area (Å²) in [7, 11) is 0. The third kappa shape index (κ3) is 10.5. The van der Waals surface area contributed by atoms with Crippen molar-refractivity contribution in [1.29, 1.82) is 0 Å². The van der Waals surface area contributed by atoms with E-state index in [0.29, 0.717) is 30.6 Å². The SMILES string of the molecule is C#Cc1ccccc1C(C(=O)NCCCC)N(CCCCCC)C(=O)C(CS)NC(=O)OC(C)(C)C. The summed E-state index contributed by atoms with van der Waals surface area (Å²) >= 11 is 4.32. The van der Waals surface area contributed by atoms with E-state index >= 15 is 0 Å². The minimum Gasteiger partial charge on any atom is -0.444 e. The molecule has 0 aromatic heterocycles. The van der Waals surface area contributed by atoms with Gasteiger partial charge in [-0.25, -0.2) is 4.79 Å². The number of carbonyl (C=O) groups excluding carboxylic acids is 3. The molecule has 2 unspecified atom stereocenters. The molecule has 0 aliphatic carbocycles. The Labute approximate surface area is 222 Å². The summed E-state index contributed by atoms with van der Waals surface area (Å²) in [6.45, 7) is 10.2. The molecule has 0 fully saturated rings. The molecule has 2 N–H and O–H groups in total. The summed E-state index contributed by atoms with van der Waals surface area (Å²) in [6, 6.07) is 5.24. The Kier molecular flexibility index (Phi) is 14.1. The zero-order valence-corrected chi connectivity index (χ0v) is 23.3. The van der Waals surface area contributed by atoms with Crippen LogP contribution in [0, 0.1) is 12.3 Å². The Hall–Kier alpha value is -2.66. The van der Waals surface area contributed by atoms with E-state index in [1.807, 2.05) is 6.92 Å². The number of amides is 3. The Balaban J connectivity index is 3.42. The maximum atomic E-state index is 13.9. The minimum absolute atomic E-state index is 0.0461. The average Bonchev–Trinajstić information content (AvgIpc) is 2.83. The van der Waals surface area contributed by atoms with Gasteiger partial charge in [-0.3, -0.25) is 9.59 Å². The summed E-state index contributed by atoms with van der Waals surface area (Å²) in [4.78, 5) is 41.4. The highest BCUT2D eigenvalue weighted by molar-refractivity contribution is 7.80. The molecule has 0 aliphatic rings. The van der Waals surface area contributed by atoms with Gasteiger partial charge in [0.2, 0.25) is 11.8 Å². The van der Waals surface area contributed by atoms with Gasteiger partial charge >= 0.3 is 6.09 Å². The first kappa shape index (κ1) is 31.4. The summed E-state index contributed by atoms with van der Waals surface area (Å²) in [5, 5.41) is 5.60. The average molecular weight is 518 g/mol. The fraction of sp³-hybridized carbons (Fsp3) is 0.607. The molecule has 1 aromatic carbocycles. The largest absolute Gasteiger partial charge is 0.444 e. The molecule has 0 aliphatic heterocycles. The van der Waals surface area contributed by atoms with E-state index in [2.05, 4.69) is 36.1 Å². The van der Waals surface area contributed by atoms with E-state index < -0.39 is 29.7 Å². The van der Waals surface area contributed by atoms with Gasteiger partial charge in [-0.05, 0) is 45.2 Å². The van der Waals surface area contributed by atoms with Gasteiger partial charge < -0.3 is 20.3 Å². The predicted molar refractivity (Wildman–Crippen MR) is 148 cm³/mol. The molecule has 2 atom stereocenters. The molecule has 0 saturated carbocycles. The van der Waals surface area contributed by atoms with Gasteiger partial charge in [0.25, 0.3) is 0 Å². The Morgan fingerprint density at radius 1 is 1.08 bits per heavy atom. The second kappa shape index (κ2) is 16.2. The molecule has 0 radical (unpaired) electrons. The van der Waals surface area contributed by atoms with Gasteiger partial charge in [-0.15, -0.1) is 6.42 Å². The lowest BCUT2D eigenvalue weighted by Crippen LogP contribution is -2.54. The summed E-state index contributed by atoms with van der Waals surface area (Å²) < 4.78 is 5.35. The second-order valence-corrected chi connectivity index (χ2v) is 10.1. The molecular formula is C28H43N3O4S. The van der Waals surface area contributed by atoms with Crippen molar-refractivity contribution in [1.82, 2.24) is 15.5 Å². The zero-order valence-electron chi connectivity index (χ0n) is 22.4. The summed E-state index contributed by atoms with van der Waals surface area (Å²) in [6.07, 6.45) is 10.5. The maximum Gasteiger partial charge on any atom is 0.408 e. The van der Waals surface area contributed by atoms with Gasteiger partial charge in [0.05, 0.1) is 0 Å². The van der Waals surface area contributed by atoms with Crippen LogP contribution in [-0.4, -0.2) is 53.3 Å². The first-order chi connectivity index (χ1) is 17.1. The van der Waals surface area contributed by atoms with Gasteiger partial charge in [-0.2, -0.15) is 12.6 Å². The van der Waals surface area contributed by atoms with Crippen molar-refractivity contribution in [2.75, 3.05) is 18.8 Å². The Morgan fingerprint density at radius 2 is 1.75 bits per heavy atom. The molecule has 200 valence electrons. The van der Waals surface area contributed by atoms with Gasteiger partial charge in [0, 0.05) is 24.4 Å². The lowest BCUT2D eigenvalue weighted by Gasteiger charge is -2.34. The van der Waals surface area contributed by atoms with Crippen molar-refractivity contribution >= 4 is 30.5 Å². The number of terminal acetylenes is 1. The van der Waals surface area contributed by atoms with Crippen LogP contribution in [0.25, 0.3) is 0 Å². The van der Waals surface area contributed by atoms with E-state index in [1.165, 1.54) is 4.90 Å². The van der Waals surface area contributed by atoms with Crippen LogP contribution >= 0.6 is 12.6 Å². The topological polar surface area (TPSA) is 87.7 Å². The first-order valence-corrected chi connectivity index (χ1v) is 13.5.